The van der Waals surface area contributed by atoms with Crippen molar-refractivity contribution in [3.63, 3.8) is 0 Å². The van der Waals surface area contributed by atoms with Crippen LogP contribution in [0, 0.1) is 0 Å². The summed E-state index contributed by atoms with van der Waals surface area (Å²) in [4.78, 5) is 10.3. The third-order valence-corrected chi connectivity index (χ3v) is 1.88. The van der Waals surface area contributed by atoms with Crippen LogP contribution >= 0.6 is 15.9 Å². The number of aromatic nitrogens is 2. The highest BCUT2D eigenvalue weighted by Gasteiger charge is 1.98. The van der Waals surface area contributed by atoms with Crippen LogP contribution < -0.4 is 4.90 Å². The SMILES string of the molecule is CCN(C)c1cnc(Br)cn1. The van der Waals surface area contributed by atoms with E-state index in [1.54, 1.807) is 12.4 Å². The van der Waals surface area contributed by atoms with Gasteiger partial charge in [0.25, 0.3) is 0 Å². The highest BCUT2D eigenvalue weighted by atomic mass is 79.9. The van der Waals surface area contributed by atoms with Crippen LogP contribution in [-0.4, -0.2) is 23.6 Å². The Bertz CT molecular complexity index is 222. The molecule has 1 heterocycles. The highest BCUT2D eigenvalue weighted by molar-refractivity contribution is 9.10. The van der Waals surface area contributed by atoms with Crippen molar-refractivity contribution in [1.82, 2.24) is 9.97 Å². The molecule has 4 heteroatoms. The lowest BCUT2D eigenvalue weighted by Crippen LogP contribution is -2.17. The normalized spacial score (nSPS) is 9.73. The van der Waals surface area contributed by atoms with Gasteiger partial charge >= 0.3 is 0 Å². The molecular weight excluding hydrogens is 206 g/mol. The molecule has 60 valence electrons. The number of rotatable bonds is 2. The minimum absolute atomic E-state index is 0.769. The van der Waals surface area contributed by atoms with Crippen molar-refractivity contribution >= 4 is 21.7 Å². The minimum Gasteiger partial charge on any atom is -0.359 e. The second-order valence-electron chi connectivity index (χ2n) is 2.21. The molecule has 0 aromatic carbocycles. The monoisotopic (exact) mass is 215 g/mol. The van der Waals surface area contributed by atoms with Crippen molar-refractivity contribution < 1.29 is 0 Å². The van der Waals surface area contributed by atoms with Crippen LogP contribution in [0.25, 0.3) is 0 Å². The van der Waals surface area contributed by atoms with E-state index in [0.717, 1.165) is 17.0 Å². The van der Waals surface area contributed by atoms with Crippen LogP contribution in [0.4, 0.5) is 5.82 Å². The van der Waals surface area contributed by atoms with Crippen molar-refractivity contribution in [2.45, 2.75) is 6.92 Å². The Labute approximate surface area is 74.6 Å². The number of hydrogen-bond donors (Lipinski definition) is 0. The second-order valence-corrected chi connectivity index (χ2v) is 3.02. The van der Waals surface area contributed by atoms with Crippen molar-refractivity contribution in [1.29, 1.82) is 0 Å². The largest absolute Gasteiger partial charge is 0.359 e. The predicted octanol–water partition coefficient (Wildman–Crippen LogP) is 1.70. The lowest BCUT2D eigenvalue weighted by molar-refractivity contribution is 0.925. The molecule has 1 aromatic heterocycles. The molecule has 0 spiro atoms. The topological polar surface area (TPSA) is 29.0 Å². The van der Waals surface area contributed by atoms with Gasteiger partial charge in [-0.15, -0.1) is 0 Å². The van der Waals surface area contributed by atoms with Gasteiger partial charge in [0.15, 0.2) is 0 Å². The van der Waals surface area contributed by atoms with Crippen molar-refractivity contribution in [2.24, 2.45) is 0 Å². The van der Waals surface area contributed by atoms with Crippen LogP contribution in [0.5, 0.6) is 0 Å². The molecule has 0 fully saturated rings. The van der Waals surface area contributed by atoms with Gasteiger partial charge in [0, 0.05) is 13.6 Å². The summed E-state index contributed by atoms with van der Waals surface area (Å²) in [5.74, 6) is 0.899. The summed E-state index contributed by atoms with van der Waals surface area (Å²) in [5.41, 5.74) is 0. The van der Waals surface area contributed by atoms with Gasteiger partial charge in [-0.05, 0) is 22.9 Å². The number of nitrogens with zero attached hydrogens (tertiary/aromatic N) is 3. The molecule has 0 aliphatic rings. The molecule has 3 nitrogen and oxygen atoms in total. The van der Waals surface area contributed by atoms with Crippen LogP contribution in [0.1, 0.15) is 6.92 Å². The predicted molar refractivity (Wildman–Crippen MR) is 48.7 cm³/mol. The van der Waals surface area contributed by atoms with Crippen molar-refractivity contribution in [3.8, 4) is 0 Å². The maximum Gasteiger partial charge on any atom is 0.146 e. The molecule has 0 saturated heterocycles. The zero-order valence-electron chi connectivity index (χ0n) is 6.58. The Kier molecular flexibility index (Phi) is 2.82. The van der Waals surface area contributed by atoms with E-state index in [2.05, 4.69) is 32.8 Å². The van der Waals surface area contributed by atoms with E-state index >= 15 is 0 Å². The zero-order chi connectivity index (χ0) is 8.27. The van der Waals surface area contributed by atoms with Gasteiger partial charge in [0.2, 0.25) is 0 Å². The fourth-order valence-corrected chi connectivity index (χ4v) is 0.869. The van der Waals surface area contributed by atoms with Crippen LogP contribution in [0.3, 0.4) is 0 Å². The molecule has 0 bridgehead atoms. The average Bonchev–Trinajstić information content (AvgIpc) is 2.05. The van der Waals surface area contributed by atoms with Gasteiger partial charge in [-0.3, -0.25) is 0 Å². The van der Waals surface area contributed by atoms with E-state index in [9.17, 15) is 0 Å². The first-order chi connectivity index (χ1) is 5.24. The molecule has 0 atom stereocenters. The van der Waals surface area contributed by atoms with Crippen LogP contribution in [-0.2, 0) is 0 Å². The van der Waals surface area contributed by atoms with E-state index < -0.39 is 0 Å². The number of halogens is 1. The Hall–Kier alpha value is -0.640. The summed E-state index contributed by atoms with van der Waals surface area (Å²) in [6.45, 7) is 3.01. The molecule has 0 saturated carbocycles. The lowest BCUT2D eigenvalue weighted by atomic mass is 10.5. The fraction of sp³-hybridized carbons (Fsp3) is 0.429. The smallest absolute Gasteiger partial charge is 0.146 e. The van der Waals surface area contributed by atoms with E-state index in [1.807, 2.05) is 11.9 Å². The van der Waals surface area contributed by atoms with Gasteiger partial charge in [0.1, 0.15) is 10.4 Å². The zero-order valence-corrected chi connectivity index (χ0v) is 8.17. The summed E-state index contributed by atoms with van der Waals surface area (Å²) in [7, 11) is 1.98. The molecule has 11 heavy (non-hydrogen) atoms. The number of hydrogen-bond acceptors (Lipinski definition) is 3. The summed E-state index contributed by atoms with van der Waals surface area (Å²) in [5, 5.41) is 0. The van der Waals surface area contributed by atoms with Crippen molar-refractivity contribution in [3.05, 3.63) is 17.0 Å². The highest BCUT2D eigenvalue weighted by Crippen LogP contribution is 2.08. The molecule has 0 unspecified atom stereocenters. The lowest BCUT2D eigenvalue weighted by Gasteiger charge is -2.13. The van der Waals surface area contributed by atoms with E-state index in [1.165, 1.54) is 0 Å². The van der Waals surface area contributed by atoms with Gasteiger partial charge < -0.3 is 4.90 Å². The summed E-state index contributed by atoms with van der Waals surface area (Å²) >= 11 is 3.22. The molecule has 0 N–H and O–H groups in total. The Morgan fingerprint density at radius 1 is 1.45 bits per heavy atom. The molecule has 0 radical (unpaired) electrons. The third-order valence-electron chi connectivity index (χ3n) is 1.47. The molecule has 0 aliphatic carbocycles. The van der Waals surface area contributed by atoms with E-state index in [0.29, 0.717) is 0 Å². The van der Waals surface area contributed by atoms with Gasteiger partial charge in [-0.25, -0.2) is 9.97 Å². The minimum atomic E-state index is 0.769. The molecule has 0 amide bonds. The number of anilines is 1. The summed E-state index contributed by atoms with van der Waals surface area (Å²) < 4.78 is 0.769. The molecule has 1 aromatic rings. The van der Waals surface area contributed by atoms with Gasteiger partial charge in [-0.1, -0.05) is 0 Å². The van der Waals surface area contributed by atoms with Crippen LogP contribution in [0.2, 0.25) is 0 Å². The fourth-order valence-electron chi connectivity index (χ4n) is 0.665. The molecule has 1 rings (SSSR count). The first-order valence-electron chi connectivity index (χ1n) is 3.42. The first kappa shape index (κ1) is 8.46. The standard InChI is InChI=1S/C7H10BrN3/c1-3-11(2)7-5-9-6(8)4-10-7/h4-5H,3H2,1-2H3. The van der Waals surface area contributed by atoms with Gasteiger partial charge in [0.05, 0.1) is 12.4 Å². The summed E-state index contributed by atoms with van der Waals surface area (Å²) in [6.07, 6.45) is 3.44. The van der Waals surface area contributed by atoms with E-state index in [4.69, 9.17) is 0 Å². The maximum absolute atomic E-state index is 4.17. The third kappa shape index (κ3) is 2.15. The molecule has 0 aliphatic heterocycles. The average molecular weight is 216 g/mol. The Morgan fingerprint density at radius 3 is 2.64 bits per heavy atom. The van der Waals surface area contributed by atoms with Crippen LogP contribution in [0.15, 0.2) is 17.0 Å². The molecular formula is C7H10BrN3. The maximum atomic E-state index is 4.17. The Balaban J connectivity index is 2.81. The second kappa shape index (κ2) is 3.67. The Morgan fingerprint density at radius 2 is 2.18 bits per heavy atom. The quantitative estimate of drug-likeness (QED) is 0.753. The first-order valence-corrected chi connectivity index (χ1v) is 4.22. The van der Waals surface area contributed by atoms with Gasteiger partial charge in [-0.2, -0.15) is 0 Å². The van der Waals surface area contributed by atoms with Crippen molar-refractivity contribution in [2.75, 3.05) is 18.5 Å². The van der Waals surface area contributed by atoms with E-state index in [-0.39, 0.29) is 0 Å². The summed E-state index contributed by atoms with van der Waals surface area (Å²) in [6, 6.07) is 0.